The summed E-state index contributed by atoms with van der Waals surface area (Å²) in [6, 6.07) is 19.3. The average Bonchev–Trinajstić information content (AvgIpc) is 2.79. The van der Waals surface area contributed by atoms with Gasteiger partial charge < -0.3 is 15.4 Å². The third-order valence-corrected chi connectivity index (χ3v) is 5.87. The van der Waals surface area contributed by atoms with Crippen LogP contribution in [0.15, 0.2) is 75.2 Å². The summed E-state index contributed by atoms with van der Waals surface area (Å²) in [5.74, 6) is -0.630. The van der Waals surface area contributed by atoms with E-state index < -0.39 is 5.91 Å². The number of nitrogens with zero attached hydrogens (tertiary/aromatic N) is 1. The number of hydrogen-bond donors (Lipinski definition) is 2. The first-order valence-corrected chi connectivity index (χ1v) is 11.9. The Kier molecular flexibility index (Phi) is 8.88. The van der Waals surface area contributed by atoms with E-state index in [2.05, 4.69) is 42.5 Å². The molecule has 172 valence electrons. The molecule has 6 nitrogen and oxygen atoms in total. The Balaban J connectivity index is 1.80. The van der Waals surface area contributed by atoms with Crippen molar-refractivity contribution in [1.82, 2.24) is 0 Å². The van der Waals surface area contributed by atoms with Gasteiger partial charge in [0.25, 0.3) is 11.8 Å². The number of carbonyl (C=O) groups is 2. The summed E-state index contributed by atoms with van der Waals surface area (Å²) in [5.41, 5.74) is 2.38. The van der Waals surface area contributed by atoms with Gasteiger partial charge in [-0.25, -0.2) is 0 Å². The van der Waals surface area contributed by atoms with Gasteiger partial charge in [0, 0.05) is 26.4 Å². The highest BCUT2D eigenvalue weighted by molar-refractivity contribution is 9.11. The average molecular weight is 604 g/mol. The van der Waals surface area contributed by atoms with Crippen LogP contribution in [0.3, 0.4) is 0 Å². The van der Waals surface area contributed by atoms with Crippen LogP contribution in [-0.2, 0) is 9.59 Å². The molecule has 0 aliphatic rings. The summed E-state index contributed by atoms with van der Waals surface area (Å²) < 4.78 is 6.99. The highest BCUT2D eigenvalue weighted by Gasteiger charge is 2.16. The summed E-state index contributed by atoms with van der Waals surface area (Å²) in [7, 11) is 0. The van der Waals surface area contributed by atoms with Crippen molar-refractivity contribution in [3.05, 3.63) is 91.3 Å². The zero-order chi connectivity index (χ0) is 24.7. The van der Waals surface area contributed by atoms with Crippen LogP contribution in [0.4, 0.5) is 11.4 Å². The summed E-state index contributed by atoms with van der Waals surface area (Å²) in [4.78, 5) is 25.1. The van der Waals surface area contributed by atoms with Crippen LogP contribution in [-0.4, -0.2) is 18.4 Å². The number of nitrogens with one attached hydrogen (secondary N) is 2. The molecule has 0 saturated carbocycles. The molecule has 0 unspecified atom stereocenters. The fourth-order valence-corrected chi connectivity index (χ4v) is 4.41. The van der Waals surface area contributed by atoms with Gasteiger partial charge in [-0.15, -0.1) is 0 Å². The van der Waals surface area contributed by atoms with E-state index in [4.69, 9.17) is 16.3 Å². The second-order valence-electron chi connectivity index (χ2n) is 7.09. The maximum absolute atomic E-state index is 12.7. The van der Waals surface area contributed by atoms with Gasteiger partial charge in [-0.05, 0) is 77.0 Å². The number of para-hydroxylation sites is 1. The molecule has 0 spiro atoms. The van der Waals surface area contributed by atoms with E-state index in [1.807, 2.05) is 25.1 Å². The number of carbonyl (C=O) groups excluding carboxylic acids is 2. The number of aryl methyl sites for hydroxylation is 1. The fraction of sp³-hybridized carbons (Fsp3) is 0.0800. The van der Waals surface area contributed by atoms with Crippen molar-refractivity contribution in [2.24, 2.45) is 0 Å². The van der Waals surface area contributed by atoms with Crippen molar-refractivity contribution in [2.75, 3.05) is 17.2 Å². The number of rotatable bonds is 7. The van der Waals surface area contributed by atoms with E-state index >= 15 is 0 Å². The molecule has 0 bridgehead atoms. The third kappa shape index (κ3) is 6.94. The summed E-state index contributed by atoms with van der Waals surface area (Å²) >= 11 is 12.7. The van der Waals surface area contributed by atoms with Crippen molar-refractivity contribution in [3.63, 3.8) is 0 Å². The predicted octanol–water partition coefficient (Wildman–Crippen LogP) is 6.74. The fourth-order valence-electron chi connectivity index (χ4n) is 2.91. The van der Waals surface area contributed by atoms with Gasteiger partial charge in [-0.2, -0.15) is 5.26 Å². The molecular formula is C25H18Br2ClN3O3. The van der Waals surface area contributed by atoms with E-state index in [0.29, 0.717) is 36.7 Å². The van der Waals surface area contributed by atoms with Gasteiger partial charge in [0.1, 0.15) is 17.4 Å². The lowest BCUT2D eigenvalue weighted by atomic mass is 10.1. The number of nitriles is 1. The quantitative estimate of drug-likeness (QED) is 0.231. The second kappa shape index (κ2) is 11.8. The minimum Gasteiger partial charge on any atom is -0.482 e. The normalized spacial score (nSPS) is 10.9. The monoisotopic (exact) mass is 601 g/mol. The summed E-state index contributed by atoms with van der Waals surface area (Å²) in [6.45, 7) is 1.57. The van der Waals surface area contributed by atoms with Crippen LogP contribution < -0.4 is 15.4 Å². The Morgan fingerprint density at radius 1 is 1.09 bits per heavy atom. The molecule has 2 amide bonds. The number of hydrogen-bond acceptors (Lipinski definition) is 4. The maximum Gasteiger partial charge on any atom is 0.266 e. The highest BCUT2D eigenvalue weighted by atomic mass is 79.9. The van der Waals surface area contributed by atoms with Gasteiger partial charge in [-0.3, -0.25) is 9.59 Å². The molecule has 3 rings (SSSR count). The van der Waals surface area contributed by atoms with Gasteiger partial charge in [0.05, 0.1) is 4.47 Å². The zero-order valence-electron chi connectivity index (χ0n) is 17.9. The lowest BCUT2D eigenvalue weighted by molar-refractivity contribution is -0.118. The molecule has 0 aliphatic heterocycles. The third-order valence-electron chi connectivity index (χ3n) is 4.57. The number of halogens is 3. The Labute approximate surface area is 218 Å². The number of amides is 2. The van der Waals surface area contributed by atoms with Crippen LogP contribution in [0.25, 0.3) is 6.08 Å². The van der Waals surface area contributed by atoms with Crippen molar-refractivity contribution in [1.29, 1.82) is 5.26 Å². The standard InChI is InChI=1S/C25H18Br2ClN3O3/c1-15-4-2-3-5-22(15)31-25(33)17(13-29)10-16-11-18(26)12-21(27)24(16)34-14-23(32)30-20-8-6-19(28)7-9-20/h2-12H,14H2,1H3,(H,30,32)(H,31,33)/b17-10-. The largest absolute Gasteiger partial charge is 0.482 e. The Bertz CT molecular complexity index is 1300. The number of benzene rings is 3. The predicted molar refractivity (Wildman–Crippen MR) is 141 cm³/mol. The molecule has 0 heterocycles. The number of anilines is 2. The summed E-state index contributed by atoms with van der Waals surface area (Å²) in [5, 5.41) is 15.6. The van der Waals surface area contributed by atoms with Crippen molar-refractivity contribution in [3.8, 4) is 11.8 Å². The molecule has 3 aromatic carbocycles. The Morgan fingerprint density at radius 3 is 2.47 bits per heavy atom. The molecular weight excluding hydrogens is 586 g/mol. The van der Waals surface area contributed by atoms with Crippen LogP contribution >= 0.6 is 43.5 Å². The molecule has 9 heteroatoms. The second-order valence-corrected chi connectivity index (χ2v) is 9.30. The zero-order valence-corrected chi connectivity index (χ0v) is 21.8. The van der Waals surface area contributed by atoms with E-state index in [-0.39, 0.29) is 18.1 Å². The Morgan fingerprint density at radius 2 is 1.79 bits per heavy atom. The SMILES string of the molecule is Cc1ccccc1NC(=O)/C(C#N)=C\c1cc(Br)cc(Br)c1OCC(=O)Nc1ccc(Cl)cc1. The van der Waals surface area contributed by atoms with Crippen molar-refractivity contribution < 1.29 is 14.3 Å². The molecule has 2 N–H and O–H groups in total. The highest BCUT2D eigenvalue weighted by Crippen LogP contribution is 2.34. The molecule has 0 fully saturated rings. The smallest absolute Gasteiger partial charge is 0.266 e. The summed E-state index contributed by atoms with van der Waals surface area (Å²) in [6.07, 6.45) is 1.41. The van der Waals surface area contributed by atoms with Gasteiger partial charge in [0.15, 0.2) is 6.61 Å². The molecule has 0 saturated heterocycles. The lowest BCUT2D eigenvalue weighted by Gasteiger charge is -2.13. The van der Waals surface area contributed by atoms with E-state index in [1.54, 1.807) is 48.5 Å². The number of ether oxygens (including phenoxy) is 1. The lowest BCUT2D eigenvalue weighted by Crippen LogP contribution is -2.20. The van der Waals surface area contributed by atoms with Crippen LogP contribution in [0, 0.1) is 18.3 Å². The topological polar surface area (TPSA) is 91.2 Å². The Hall–Kier alpha value is -3.12. The van der Waals surface area contributed by atoms with Gasteiger partial charge in [0.2, 0.25) is 0 Å². The van der Waals surface area contributed by atoms with Crippen LogP contribution in [0.2, 0.25) is 5.02 Å². The van der Waals surface area contributed by atoms with Crippen molar-refractivity contribution >= 4 is 72.7 Å². The van der Waals surface area contributed by atoms with Gasteiger partial charge >= 0.3 is 0 Å². The van der Waals surface area contributed by atoms with Crippen LogP contribution in [0.1, 0.15) is 11.1 Å². The molecule has 0 atom stereocenters. The van der Waals surface area contributed by atoms with E-state index in [1.165, 1.54) is 6.08 Å². The first kappa shape index (κ1) is 25.5. The van der Waals surface area contributed by atoms with E-state index in [0.717, 1.165) is 5.56 Å². The van der Waals surface area contributed by atoms with Crippen molar-refractivity contribution in [2.45, 2.75) is 6.92 Å². The molecule has 0 aromatic heterocycles. The minimum atomic E-state index is -0.556. The molecule has 0 aliphatic carbocycles. The first-order chi connectivity index (χ1) is 16.3. The maximum atomic E-state index is 12.7. The minimum absolute atomic E-state index is 0.122. The molecule has 3 aromatic rings. The molecule has 0 radical (unpaired) electrons. The molecule has 34 heavy (non-hydrogen) atoms. The van der Waals surface area contributed by atoms with E-state index in [9.17, 15) is 14.9 Å². The van der Waals surface area contributed by atoms with Gasteiger partial charge in [-0.1, -0.05) is 45.7 Å². The first-order valence-electron chi connectivity index (χ1n) is 9.93. The van der Waals surface area contributed by atoms with Crippen LogP contribution in [0.5, 0.6) is 5.75 Å².